The quantitative estimate of drug-likeness (QED) is 0.743. The molecule has 1 unspecified atom stereocenters. The molecular weight excluding hydrogens is 406 g/mol. The number of halogens is 2. The van der Waals surface area contributed by atoms with Crippen molar-refractivity contribution in [2.24, 2.45) is 5.92 Å². The summed E-state index contributed by atoms with van der Waals surface area (Å²) in [5.74, 6) is 0.308. The number of sulfonamides is 1. The Bertz CT molecular complexity index is 499. The molecule has 104 valence electrons. The molecule has 0 spiro atoms. The Morgan fingerprint density at radius 3 is 2.44 bits per heavy atom. The van der Waals surface area contributed by atoms with Crippen molar-refractivity contribution in [2.75, 3.05) is 6.61 Å². The lowest BCUT2D eigenvalue weighted by Crippen LogP contribution is -2.38. The van der Waals surface area contributed by atoms with Gasteiger partial charge in [0.1, 0.15) is 4.90 Å². The SMILES string of the molecule is CC(C)CC(CO)NS(=O)(=O)c1cc(Br)sc1Br. The largest absolute Gasteiger partial charge is 0.395 e. The highest BCUT2D eigenvalue weighted by Gasteiger charge is 2.24. The molecule has 0 fully saturated rings. The lowest BCUT2D eigenvalue weighted by atomic mass is 10.1. The van der Waals surface area contributed by atoms with Gasteiger partial charge in [-0.2, -0.15) is 0 Å². The van der Waals surface area contributed by atoms with Crippen molar-refractivity contribution in [3.8, 4) is 0 Å². The second-order valence-corrected chi connectivity index (χ2v) is 9.75. The van der Waals surface area contributed by atoms with Gasteiger partial charge in [0.05, 0.1) is 14.2 Å². The Morgan fingerprint density at radius 1 is 1.44 bits per heavy atom. The average Bonchev–Trinajstić information content (AvgIpc) is 2.56. The first-order chi connectivity index (χ1) is 8.26. The van der Waals surface area contributed by atoms with Crippen molar-refractivity contribution in [3.63, 3.8) is 0 Å². The third-order valence-corrected chi connectivity index (χ3v) is 6.49. The van der Waals surface area contributed by atoms with E-state index in [1.54, 1.807) is 6.07 Å². The molecule has 8 heteroatoms. The van der Waals surface area contributed by atoms with E-state index in [0.717, 1.165) is 3.79 Å². The Morgan fingerprint density at radius 2 is 2.06 bits per heavy atom. The van der Waals surface area contributed by atoms with E-state index in [1.165, 1.54) is 11.3 Å². The molecule has 0 aliphatic heterocycles. The molecule has 1 aromatic rings. The number of aliphatic hydroxyl groups is 1. The van der Waals surface area contributed by atoms with Gasteiger partial charge in [-0.25, -0.2) is 13.1 Å². The number of hydrogen-bond donors (Lipinski definition) is 2. The zero-order valence-corrected chi connectivity index (χ0v) is 14.8. The van der Waals surface area contributed by atoms with Crippen molar-refractivity contribution in [1.82, 2.24) is 4.72 Å². The molecule has 0 radical (unpaired) electrons. The molecule has 0 saturated heterocycles. The molecule has 0 aliphatic carbocycles. The first-order valence-electron chi connectivity index (χ1n) is 5.34. The van der Waals surface area contributed by atoms with Crippen molar-refractivity contribution in [1.29, 1.82) is 0 Å². The molecule has 0 aromatic carbocycles. The standard InChI is InChI=1S/C10H15Br2NO3S2/c1-6(2)3-7(5-14)13-18(15,16)8-4-9(11)17-10(8)12/h4,6-7,13-14H,3,5H2,1-2H3. The maximum atomic E-state index is 12.2. The van der Waals surface area contributed by atoms with Gasteiger partial charge in [0, 0.05) is 6.04 Å². The minimum Gasteiger partial charge on any atom is -0.395 e. The molecular formula is C10H15Br2NO3S2. The van der Waals surface area contributed by atoms with Crippen LogP contribution in [0.4, 0.5) is 0 Å². The second-order valence-electron chi connectivity index (χ2n) is 4.32. The molecule has 1 rings (SSSR count). The van der Waals surface area contributed by atoms with E-state index in [0.29, 0.717) is 16.1 Å². The van der Waals surface area contributed by atoms with E-state index in [4.69, 9.17) is 0 Å². The normalized spacial score (nSPS) is 14.1. The van der Waals surface area contributed by atoms with Crippen LogP contribution in [0.1, 0.15) is 20.3 Å². The first kappa shape index (κ1) is 16.6. The Balaban J connectivity index is 2.90. The van der Waals surface area contributed by atoms with Crippen LogP contribution < -0.4 is 4.72 Å². The molecule has 1 aromatic heterocycles. The summed E-state index contributed by atoms with van der Waals surface area (Å²) in [7, 11) is -3.60. The number of nitrogens with one attached hydrogen (secondary N) is 1. The van der Waals surface area contributed by atoms with Crippen LogP contribution >= 0.6 is 43.2 Å². The molecule has 18 heavy (non-hydrogen) atoms. The van der Waals surface area contributed by atoms with Crippen LogP contribution in [0.3, 0.4) is 0 Å². The van der Waals surface area contributed by atoms with Crippen LogP contribution in [0.15, 0.2) is 18.5 Å². The summed E-state index contributed by atoms with van der Waals surface area (Å²) >= 11 is 7.76. The van der Waals surface area contributed by atoms with Crippen LogP contribution in [-0.2, 0) is 10.0 Å². The van der Waals surface area contributed by atoms with Gasteiger partial charge in [-0.1, -0.05) is 13.8 Å². The lowest BCUT2D eigenvalue weighted by Gasteiger charge is -2.17. The van der Waals surface area contributed by atoms with E-state index in [2.05, 4.69) is 36.6 Å². The van der Waals surface area contributed by atoms with Crippen molar-refractivity contribution in [3.05, 3.63) is 13.6 Å². The highest BCUT2D eigenvalue weighted by molar-refractivity contribution is 9.12. The van der Waals surface area contributed by atoms with Gasteiger partial charge in [0.2, 0.25) is 10.0 Å². The van der Waals surface area contributed by atoms with E-state index < -0.39 is 16.1 Å². The van der Waals surface area contributed by atoms with Crippen LogP contribution in [0.2, 0.25) is 0 Å². The van der Waals surface area contributed by atoms with Gasteiger partial charge in [0.15, 0.2) is 0 Å². The fourth-order valence-corrected chi connectivity index (χ4v) is 6.57. The molecule has 0 amide bonds. The number of thiophene rings is 1. The maximum absolute atomic E-state index is 12.2. The molecule has 4 nitrogen and oxygen atoms in total. The van der Waals surface area contributed by atoms with E-state index in [9.17, 15) is 13.5 Å². The first-order valence-corrected chi connectivity index (χ1v) is 9.23. The summed E-state index contributed by atoms with van der Waals surface area (Å²) in [4.78, 5) is 0.196. The Kier molecular flexibility index (Phi) is 6.27. The van der Waals surface area contributed by atoms with Gasteiger partial charge >= 0.3 is 0 Å². The zero-order chi connectivity index (χ0) is 13.9. The van der Waals surface area contributed by atoms with Crippen molar-refractivity contribution < 1.29 is 13.5 Å². The van der Waals surface area contributed by atoms with Crippen LogP contribution in [0, 0.1) is 5.92 Å². The third-order valence-electron chi connectivity index (χ3n) is 2.21. The van der Waals surface area contributed by atoms with Gasteiger partial charge < -0.3 is 5.11 Å². The fraction of sp³-hybridized carbons (Fsp3) is 0.600. The van der Waals surface area contributed by atoms with Crippen molar-refractivity contribution in [2.45, 2.75) is 31.2 Å². The summed E-state index contributed by atoms with van der Waals surface area (Å²) < 4.78 is 28.1. The lowest BCUT2D eigenvalue weighted by molar-refractivity contribution is 0.240. The summed E-state index contributed by atoms with van der Waals surface area (Å²) in [5, 5.41) is 9.21. The Labute approximate surface area is 128 Å². The summed E-state index contributed by atoms with van der Waals surface area (Å²) in [5.41, 5.74) is 0. The Hall–Kier alpha value is 0.530. The molecule has 0 saturated carbocycles. The van der Waals surface area contributed by atoms with E-state index in [-0.39, 0.29) is 11.5 Å². The van der Waals surface area contributed by atoms with Gasteiger partial charge in [-0.15, -0.1) is 11.3 Å². The number of aliphatic hydroxyl groups excluding tert-OH is 1. The van der Waals surface area contributed by atoms with E-state index >= 15 is 0 Å². The van der Waals surface area contributed by atoms with E-state index in [1.807, 2.05) is 13.8 Å². The predicted molar refractivity (Wildman–Crippen MR) is 80.4 cm³/mol. The minimum absolute atomic E-state index is 0.196. The van der Waals surface area contributed by atoms with Gasteiger partial charge in [0.25, 0.3) is 0 Å². The minimum atomic E-state index is -3.60. The average molecular weight is 421 g/mol. The molecule has 0 bridgehead atoms. The molecule has 1 heterocycles. The van der Waals surface area contributed by atoms with Crippen LogP contribution in [-0.4, -0.2) is 26.2 Å². The van der Waals surface area contributed by atoms with Crippen LogP contribution in [0.5, 0.6) is 0 Å². The second kappa shape index (κ2) is 6.81. The number of hydrogen-bond acceptors (Lipinski definition) is 4. The highest BCUT2D eigenvalue weighted by Crippen LogP contribution is 2.34. The molecule has 2 N–H and O–H groups in total. The topological polar surface area (TPSA) is 66.4 Å². The molecule has 1 atom stereocenters. The monoisotopic (exact) mass is 419 g/mol. The fourth-order valence-electron chi connectivity index (χ4n) is 1.52. The smallest absolute Gasteiger partial charge is 0.242 e. The highest BCUT2D eigenvalue weighted by atomic mass is 79.9. The number of rotatable bonds is 6. The summed E-state index contributed by atoms with van der Waals surface area (Å²) in [6.07, 6.45) is 0.596. The molecule has 0 aliphatic rings. The zero-order valence-electron chi connectivity index (χ0n) is 9.98. The summed E-state index contributed by atoms with van der Waals surface area (Å²) in [6.45, 7) is 3.75. The maximum Gasteiger partial charge on any atom is 0.242 e. The van der Waals surface area contributed by atoms with Gasteiger partial charge in [-0.05, 0) is 50.3 Å². The predicted octanol–water partition coefficient (Wildman–Crippen LogP) is 2.96. The summed E-state index contributed by atoms with van der Waals surface area (Å²) in [6, 6.07) is 1.08. The van der Waals surface area contributed by atoms with Gasteiger partial charge in [-0.3, -0.25) is 0 Å². The van der Waals surface area contributed by atoms with Crippen molar-refractivity contribution >= 4 is 53.2 Å². The third kappa shape index (κ3) is 4.57. The van der Waals surface area contributed by atoms with Crippen LogP contribution in [0.25, 0.3) is 0 Å².